The van der Waals surface area contributed by atoms with Crippen LogP contribution in [0.1, 0.15) is 16.0 Å². The van der Waals surface area contributed by atoms with Gasteiger partial charge in [-0.15, -0.1) is 0 Å². The number of fused-ring (bicyclic) bond motifs is 1. The molecule has 0 nitrogen and oxygen atoms in total. The molecule has 0 aliphatic carbocycles. The molecule has 0 aromatic heterocycles. The number of halogens is 4. The third-order valence-electron chi connectivity index (χ3n) is 3.36. The normalized spacial score (nSPS) is 12.6. The van der Waals surface area contributed by atoms with Crippen LogP contribution in [0.4, 0.5) is 0 Å². The molecule has 3 aromatic carbocycles. The quantitative estimate of drug-likeness (QED) is 0.361. The zero-order chi connectivity index (χ0) is 15.0. The van der Waals surface area contributed by atoms with Gasteiger partial charge in [-0.3, -0.25) is 0 Å². The summed E-state index contributed by atoms with van der Waals surface area (Å²) in [6.45, 7) is 0. The second-order valence-electron chi connectivity index (χ2n) is 4.75. The van der Waals surface area contributed by atoms with Crippen LogP contribution >= 0.6 is 55.1 Å². The highest BCUT2D eigenvalue weighted by atomic mass is 79.9. The van der Waals surface area contributed by atoms with E-state index in [0.29, 0.717) is 5.02 Å². The summed E-state index contributed by atoms with van der Waals surface area (Å²) in [6.07, 6.45) is 0. The Bertz CT molecular complexity index is 795. The van der Waals surface area contributed by atoms with Crippen molar-refractivity contribution in [2.45, 2.75) is 4.83 Å². The van der Waals surface area contributed by atoms with Gasteiger partial charge < -0.3 is 0 Å². The lowest BCUT2D eigenvalue weighted by molar-refractivity contribution is 1.19. The van der Waals surface area contributed by atoms with Crippen LogP contribution in [0.3, 0.4) is 0 Å². The first-order valence-corrected chi connectivity index (χ1v) is 8.80. The predicted octanol–water partition coefficient (Wildman–Crippen LogP) is 7.39. The molecule has 0 amide bonds. The lowest BCUT2D eigenvalue weighted by atomic mass is 9.98. The van der Waals surface area contributed by atoms with E-state index in [1.807, 2.05) is 36.4 Å². The van der Waals surface area contributed by atoms with Crippen molar-refractivity contribution < 1.29 is 0 Å². The summed E-state index contributed by atoms with van der Waals surface area (Å²) in [5.41, 5.74) is 2.27. The van der Waals surface area contributed by atoms with Gasteiger partial charge >= 0.3 is 0 Å². The van der Waals surface area contributed by atoms with Crippen molar-refractivity contribution in [1.82, 2.24) is 0 Å². The first kappa shape index (κ1) is 15.4. The van der Waals surface area contributed by atoms with Crippen molar-refractivity contribution in [2.75, 3.05) is 0 Å². The molecule has 0 N–H and O–H groups in total. The molecule has 3 aromatic rings. The fraction of sp³-hybridized carbons (Fsp3) is 0.0588. The highest BCUT2D eigenvalue weighted by Gasteiger charge is 2.15. The highest BCUT2D eigenvalue weighted by molar-refractivity contribution is 9.10. The fourth-order valence-electron chi connectivity index (χ4n) is 2.41. The maximum Gasteiger partial charge on any atom is 0.0651 e. The van der Waals surface area contributed by atoms with E-state index in [1.54, 1.807) is 0 Å². The first-order valence-electron chi connectivity index (χ1n) is 6.33. The minimum atomic E-state index is 0.0506. The number of alkyl halides is 1. The Labute approximate surface area is 150 Å². The van der Waals surface area contributed by atoms with E-state index in [9.17, 15) is 0 Å². The first-order chi connectivity index (χ1) is 10.1. The molecule has 0 saturated heterocycles. The molecule has 106 valence electrons. The van der Waals surface area contributed by atoms with Crippen LogP contribution in [-0.2, 0) is 0 Å². The molecule has 0 bridgehead atoms. The van der Waals surface area contributed by atoms with E-state index in [0.717, 1.165) is 25.8 Å². The molecule has 21 heavy (non-hydrogen) atoms. The van der Waals surface area contributed by atoms with Crippen LogP contribution in [0.15, 0.2) is 59.1 Å². The Kier molecular flexibility index (Phi) is 4.60. The third kappa shape index (κ3) is 3.14. The minimum Gasteiger partial charge on any atom is -0.0843 e. The molecule has 4 heteroatoms. The summed E-state index contributed by atoms with van der Waals surface area (Å²) < 4.78 is 0.965. The van der Waals surface area contributed by atoms with E-state index in [-0.39, 0.29) is 4.83 Å². The van der Waals surface area contributed by atoms with E-state index in [4.69, 9.17) is 23.2 Å². The summed E-state index contributed by atoms with van der Waals surface area (Å²) in [4.78, 5) is 0.0506. The maximum absolute atomic E-state index is 6.29. The molecule has 0 radical (unpaired) electrons. The second kappa shape index (κ2) is 6.29. The molecule has 0 fully saturated rings. The Hall–Kier alpha value is -0.540. The maximum atomic E-state index is 6.29. The molecule has 3 rings (SSSR count). The number of hydrogen-bond donors (Lipinski definition) is 0. The van der Waals surface area contributed by atoms with Gasteiger partial charge in [0, 0.05) is 19.9 Å². The van der Waals surface area contributed by atoms with Gasteiger partial charge in [-0.2, -0.15) is 0 Å². The van der Waals surface area contributed by atoms with Crippen molar-refractivity contribution >= 4 is 65.8 Å². The zero-order valence-electron chi connectivity index (χ0n) is 10.8. The summed E-state index contributed by atoms with van der Waals surface area (Å²) in [5, 5.41) is 3.67. The van der Waals surface area contributed by atoms with Crippen LogP contribution in [0, 0.1) is 0 Å². The smallest absolute Gasteiger partial charge is 0.0651 e. The summed E-state index contributed by atoms with van der Waals surface area (Å²) in [7, 11) is 0. The summed E-state index contributed by atoms with van der Waals surface area (Å²) in [6, 6.07) is 18.0. The van der Waals surface area contributed by atoms with E-state index in [2.05, 4.69) is 50.1 Å². The average molecular weight is 445 g/mol. The van der Waals surface area contributed by atoms with Gasteiger partial charge in [0.25, 0.3) is 0 Å². The van der Waals surface area contributed by atoms with Crippen LogP contribution in [0.25, 0.3) is 10.8 Å². The van der Waals surface area contributed by atoms with Crippen molar-refractivity contribution in [2.24, 2.45) is 0 Å². The SMILES string of the molecule is Clc1cc(Br)cc(C(Br)c2ccc(Cl)c3ccccc23)c1. The van der Waals surface area contributed by atoms with E-state index in [1.165, 1.54) is 5.56 Å². The van der Waals surface area contributed by atoms with Gasteiger partial charge in [-0.05, 0) is 40.8 Å². The molecule has 0 saturated carbocycles. The van der Waals surface area contributed by atoms with Gasteiger partial charge in [0.05, 0.1) is 4.83 Å². The average Bonchev–Trinajstić information content (AvgIpc) is 2.46. The molecule has 0 aliphatic heterocycles. The standard InChI is InChI=1S/C17H10Br2Cl2/c18-11-7-10(8-12(20)9-11)17(19)15-5-6-16(21)14-4-2-1-3-13(14)15/h1-9,17H. The number of hydrogen-bond acceptors (Lipinski definition) is 0. The lowest BCUT2D eigenvalue weighted by Crippen LogP contribution is -1.95. The largest absolute Gasteiger partial charge is 0.0843 e. The van der Waals surface area contributed by atoms with Gasteiger partial charge in [0.15, 0.2) is 0 Å². The van der Waals surface area contributed by atoms with Gasteiger partial charge in [0.2, 0.25) is 0 Å². The molecular weight excluding hydrogens is 435 g/mol. The van der Waals surface area contributed by atoms with Crippen LogP contribution in [0.5, 0.6) is 0 Å². The Morgan fingerprint density at radius 3 is 2.29 bits per heavy atom. The van der Waals surface area contributed by atoms with Crippen molar-refractivity contribution in [1.29, 1.82) is 0 Å². The van der Waals surface area contributed by atoms with Crippen LogP contribution in [-0.4, -0.2) is 0 Å². The Morgan fingerprint density at radius 2 is 1.57 bits per heavy atom. The fourth-order valence-corrected chi connectivity index (χ4v) is 4.19. The van der Waals surface area contributed by atoms with Crippen LogP contribution in [0.2, 0.25) is 10.0 Å². The lowest BCUT2D eigenvalue weighted by Gasteiger charge is -2.15. The Balaban J connectivity index is 2.18. The second-order valence-corrected chi connectivity index (χ2v) is 7.42. The molecule has 0 heterocycles. The molecule has 1 unspecified atom stereocenters. The predicted molar refractivity (Wildman–Crippen MR) is 98.9 cm³/mol. The molecule has 1 atom stereocenters. The molecule has 0 aliphatic rings. The number of benzene rings is 3. The topological polar surface area (TPSA) is 0 Å². The molecule has 0 spiro atoms. The van der Waals surface area contributed by atoms with Crippen molar-refractivity contribution in [3.8, 4) is 0 Å². The molecular formula is C17H10Br2Cl2. The van der Waals surface area contributed by atoms with Crippen molar-refractivity contribution in [3.63, 3.8) is 0 Å². The van der Waals surface area contributed by atoms with E-state index >= 15 is 0 Å². The minimum absolute atomic E-state index is 0.0506. The van der Waals surface area contributed by atoms with E-state index < -0.39 is 0 Å². The monoisotopic (exact) mass is 442 g/mol. The summed E-state index contributed by atoms with van der Waals surface area (Å²) >= 11 is 19.7. The van der Waals surface area contributed by atoms with Gasteiger partial charge in [-0.25, -0.2) is 0 Å². The van der Waals surface area contributed by atoms with Gasteiger partial charge in [-0.1, -0.05) is 85.4 Å². The van der Waals surface area contributed by atoms with Gasteiger partial charge in [0.1, 0.15) is 0 Å². The zero-order valence-corrected chi connectivity index (χ0v) is 15.5. The summed E-state index contributed by atoms with van der Waals surface area (Å²) in [5.74, 6) is 0. The number of rotatable bonds is 2. The van der Waals surface area contributed by atoms with Crippen molar-refractivity contribution in [3.05, 3.63) is 80.2 Å². The Morgan fingerprint density at radius 1 is 0.857 bits per heavy atom. The van der Waals surface area contributed by atoms with Crippen LogP contribution < -0.4 is 0 Å². The highest BCUT2D eigenvalue weighted by Crippen LogP contribution is 2.39. The third-order valence-corrected chi connectivity index (χ3v) is 5.38.